The van der Waals surface area contributed by atoms with Crippen LogP contribution < -0.4 is 15.0 Å². The van der Waals surface area contributed by atoms with Crippen molar-refractivity contribution in [2.75, 3.05) is 13.6 Å². The first-order valence-electron chi connectivity index (χ1n) is 2.55. The number of nitrogens with one attached hydrogen (secondary N) is 3. The van der Waals surface area contributed by atoms with Crippen LogP contribution in [0.5, 0.6) is 0 Å². The average Bonchev–Trinajstić information content (AvgIpc) is 1.84. The van der Waals surface area contributed by atoms with E-state index in [1.54, 1.807) is 6.92 Å². The summed E-state index contributed by atoms with van der Waals surface area (Å²) < 4.78 is 23.0. The number of hydrogen-bond donors (Lipinski definition) is 3. The van der Waals surface area contributed by atoms with Gasteiger partial charge in [-0.1, -0.05) is 6.92 Å². The van der Waals surface area contributed by atoms with Crippen molar-refractivity contribution < 1.29 is 8.42 Å². The molecular weight excluding hydrogens is 142 g/mol. The summed E-state index contributed by atoms with van der Waals surface area (Å²) in [7, 11) is -1.96. The van der Waals surface area contributed by atoms with Gasteiger partial charge in [-0.15, -0.1) is 4.83 Å². The van der Waals surface area contributed by atoms with Crippen LogP contribution in [-0.4, -0.2) is 22.0 Å². The van der Waals surface area contributed by atoms with Gasteiger partial charge in [-0.25, -0.2) is 10.1 Å². The number of rotatable bonds is 4. The number of hydrogen-bond acceptors (Lipinski definition) is 3. The molecule has 0 aromatic heterocycles. The topological polar surface area (TPSA) is 70.2 Å². The molecule has 0 fully saturated rings. The minimum atomic E-state index is -3.29. The summed E-state index contributed by atoms with van der Waals surface area (Å²) in [5.74, 6) is 0. The maximum absolute atomic E-state index is 10.5. The quantitative estimate of drug-likeness (QED) is 0.433. The molecule has 0 bridgehead atoms. The summed E-state index contributed by atoms with van der Waals surface area (Å²) in [5, 5.41) is 0. The highest BCUT2D eigenvalue weighted by Gasteiger charge is 2.00. The van der Waals surface area contributed by atoms with Gasteiger partial charge in [0.1, 0.15) is 0 Å². The lowest BCUT2D eigenvalue weighted by atomic mass is 10.8. The Kier molecular flexibility index (Phi) is 3.71. The van der Waals surface area contributed by atoms with Crippen molar-refractivity contribution >= 4 is 10.2 Å². The molecule has 0 unspecified atom stereocenters. The fourth-order valence-electron chi connectivity index (χ4n) is 0.218. The van der Waals surface area contributed by atoms with E-state index >= 15 is 0 Å². The lowest BCUT2D eigenvalue weighted by Gasteiger charge is -2.02. The van der Waals surface area contributed by atoms with E-state index < -0.39 is 10.2 Å². The van der Waals surface area contributed by atoms with Crippen LogP contribution in [-0.2, 0) is 10.2 Å². The summed E-state index contributed by atoms with van der Waals surface area (Å²) >= 11 is 0. The average molecular weight is 153 g/mol. The molecule has 0 rings (SSSR count). The molecule has 9 heavy (non-hydrogen) atoms. The van der Waals surface area contributed by atoms with Gasteiger partial charge in [-0.2, -0.15) is 8.42 Å². The molecule has 0 heterocycles. The monoisotopic (exact) mass is 153 g/mol. The van der Waals surface area contributed by atoms with Crippen molar-refractivity contribution in [3.05, 3.63) is 0 Å². The van der Waals surface area contributed by atoms with Crippen molar-refractivity contribution in [3.8, 4) is 0 Å². The molecule has 5 nitrogen and oxygen atoms in total. The second kappa shape index (κ2) is 3.78. The summed E-state index contributed by atoms with van der Waals surface area (Å²) in [6, 6.07) is 0. The zero-order valence-electron chi connectivity index (χ0n) is 5.43. The second-order valence-corrected chi connectivity index (χ2v) is 2.96. The zero-order chi connectivity index (χ0) is 7.33. The van der Waals surface area contributed by atoms with Crippen LogP contribution in [0.3, 0.4) is 0 Å². The molecule has 56 valence electrons. The van der Waals surface area contributed by atoms with Gasteiger partial charge < -0.3 is 0 Å². The Hall–Kier alpha value is -0.170. The third-order valence-corrected chi connectivity index (χ3v) is 1.60. The normalized spacial score (nSPS) is 11.8. The number of hydrazine groups is 1. The molecule has 0 amide bonds. The molecule has 0 aromatic rings. The van der Waals surface area contributed by atoms with Crippen LogP contribution in [0.4, 0.5) is 0 Å². The van der Waals surface area contributed by atoms with Gasteiger partial charge in [0.15, 0.2) is 0 Å². The Labute approximate surface area is 55.0 Å². The van der Waals surface area contributed by atoms with Gasteiger partial charge in [0, 0.05) is 13.6 Å². The van der Waals surface area contributed by atoms with E-state index in [1.807, 2.05) is 0 Å². The molecule has 0 aliphatic carbocycles. The summed E-state index contributed by atoms with van der Waals surface area (Å²) in [6.45, 7) is 2.35. The van der Waals surface area contributed by atoms with E-state index in [0.717, 1.165) is 0 Å². The van der Waals surface area contributed by atoms with Gasteiger partial charge in [-0.05, 0) is 0 Å². The molecular formula is C3H11N3O2S. The molecule has 3 N–H and O–H groups in total. The minimum absolute atomic E-state index is 0.556. The van der Waals surface area contributed by atoms with E-state index in [1.165, 1.54) is 7.05 Å². The fourth-order valence-corrected chi connectivity index (χ4v) is 0.655. The van der Waals surface area contributed by atoms with Crippen molar-refractivity contribution in [2.24, 2.45) is 0 Å². The minimum Gasteiger partial charge on any atom is -0.243 e. The summed E-state index contributed by atoms with van der Waals surface area (Å²) in [6.07, 6.45) is 0. The Morgan fingerprint density at radius 2 is 2.00 bits per heavy atom. The van der Waals surface area contributed by atoms with E-state index in [4.69, 9.17) is 0 Å². The van der Waals surface area contributed by atoms with Crippen molar-refractivity contribution in [2.45, 2.75) is 6.92 Å². The zero-order valence-corrected chi connectivity index (χ0v) is 6.25. The van der Waals surface area contributed by atoms with Crippen LogP contribution in [0.2, 0.25) is 0 Å². The molecule has 0 radical (unpaired) electrons. The largest absolute Gasteiger partial charge is 0.289 e. The maximum atomic E-state index is 10.5. The Bertz CT molecular complexity index is 152. The smallest absolute Gasteiger partial charge is 0.243 e. The Balaban J connectivity index is 3.61. The molecule has 0 aliphatic rings. The standard InChI is InChI=1S/C3H11N3O2S/c1-3-5-6-9(7,8)4-2/h4-6H,3H2,1-2H3. The van der Waals surface area contributed by atoms with Gasteiger partial charge in [0.05, 0.1) is 0 Å². The molecule has 0 aromatic carbocycles. The molecule has 0 spiro atoms. The van der Waals surface area contributed by atoms with Crippen molar-refractivity contribution in [1.82, 2.24) is 15.0 Å². The first-order chi connectivity index (χ1) is 4.12. The second-order valence-electron chi connectivity index (χ2n) is 1.34. The van der Waals surface area contributed by atoms with Crippen LogP contribution in [0, 0.1) is 0 Å². The van der Waals surface area contributed by atoms with E-state index in [0.29, 0.717) is 6.54 Å². The third-order valence-electron chi connectivity index (χ3n) is 0.652. The van der Waals surface area contributed by atoms with Crippen LogP contribution in [0.15, 0.2) is 0 Å². The van der Waals surface area contributed by atoms with E-state index in [2.05, 4.69) is 15.0 Å². The molecule has 0 atom stereocenters. The molecule has 0 saturated carbocycles. The lowest BCUT2D eigenvalue weighted by Crippen LogP contribution is -2.43. The molecule has 6 heteroatoms. The van der Waals surface area contributed by atoms with Gasteiger partial charge >= 0.3 is 0 Å². The highest BCUT2D eigenvalue weighted by Crippen LogP contribution is 1.65. The lowest BCUT2D eigenvalue weighted by molar-refractivity contribution is 0.553. The third kappa shape index (κ3) is 4.34. The Morgan fingerprint density at radius 3 is 2.33 bits per heavy atom. The highest BCUT2D eigenvalue weighted by atomic mass is 32.2. The van der Waals surface area contributed by atoms with E-state index in [-0.39, 0.29) is 0 Å². The summed E-state index contributed by atoms with van der Waals surface area (Å²) in [4.78, 5) is 2.07. The Morgan fingerprint density at radius 1 is 1.44 bits per heavy atom. The molecule has 0 aliphatic heterocycles. The van der Waals surface area contributed by atoms with Gasteiger partial charge in [0.2, 0.25) is 0 Å². The van der Waals surface area contributed by atoms with Gasteiger partial charge in [0.25, 0.3) is 10.2 Å². The highest BCUT2D eigenvalue weighted by molar-refractivity contribution is 7.87. The SMILES string of the molecule is CCNNS(=O)(=O)NC. The van der Waals surface area contributed by atoms with Crippen LogP contribution in [0.25, 0.3) is 0 Å². The maximum Gasteiger partial charge on any atom is 0.289 e. The van der Waals surface area contributed by atoms with Gasteiger partial charge in [-0.3, -0.25) is 0 Å². The first-order valence-corrected chi connectivity index (χ1v) is 4.04. The predicted octanol–water partition coefficient (Wildman–Crippen LogP) is -1.44. The van der Waals surface area contributed by atoms with Crippen LogP contribution >= 0.6 is 0 Å². The van der Waals surface area contributed by atoms with E-state index in [9.17, 15) is 8.42 Å². The van der Waals surface area contributed by atoms with Crippen LogP contribution in [0.1, 0.15) is 6.92 Å². The predicted molar refractivity (Wildman–Crippen MR) is 34.8 cm³/mol. The summed E-state index contributed by atoms with van der Waals surface area (Å²) in [5.41, 5.74) is 2.44. The molecule has 0 saturated heterocycles. The van der Waals surface area contributed by atoms with Crippen molar-refractivity contribution in [3.63, 3.8) is 0 Å². The fraction of sp³-hybridized carbons (Fsp3) is 1.00. The first kappa shape index (κ1) is 8.83. The van der Waals surface area contributed by atoms with Crippen molar-refractivity contribution in [1.29, 1.82) is 0 Å².